The van der Waals surface area contributed by atoms with Gasteiger partial charge < -0.3 is 15.8 Å². The quantitative estimate of drug-likeness (QED) is 0.713. The first-order chi connectivity index (χ1) is 12.1. The maximum Gasteiger partial charge on any atom is 0.237 e. The van der Waals surface area contributed by atoms with Crippen LogP contribution in [0.5, 0.6) is 5.75 Å². The van der Waals surface area contributed by atoms with Crippen LogP contribution in [-0.2, 0) is 10.5 Å². The molecule has 1 unspecified atom stereocenters. The molecule has 0 aromatic heterocycles. The van der Waals surface area contributed by atoms with Gasteiger partial charge in [-0.15, -0.1) is 11.8 Å². The molecule has 1 amide bonds. The fourth-order valence-corrected chi connectivity index (χ4v) is 3.52. The number of rotatable bonds is 9. The molecule has 3 N–H and O–H groups in total. The summed E-state index contributed by atoms with van der Waals surface area (Å²) in [5, 5.41) is 2.90. The van der Waals surface area contributed by atoms with Crippen molar-refractivity contribution in [3.63, 3.8) is 0 Å². The maximum atomic E-state index is 12.7. The number of hydrogen-bond donors (Lipinski definition) is 2. The van der Waals surface area contributed by atoms with E-state index in [0.29, 0.717) is 13.2 Å². The minimum atomic E-state index is -0.103. The standard InChI is InChI=1S/C20H26N2O2S/c1-15(2)19(25-14-16-6-4-3-5-7-16)20(23)22-17-8-10-18(11-9-17)24-13-12-21/h3-11,15,19H,12-14,21H2,1-2H3,(H,22,23). The minimum absolute atomic E-state index is 0.0338. The highest BCUT2D eigenvalue weighted by Gasteiger charge is 2.22. The molecule has 0 radical (unpaired) electrons. The summed E-state index contributed by atoms with van der Waals surface area (Å²) in [6.07, 6.45) is 0. The largest absolute Gasteiger partial charge is 0.492 e. The van der Waals surface area contributed by atoms with E-state index < -0.39 is 0 Å². The first kappa shape index (κ1) is 19.3. The molecule has 2 rings (SSSR count). The molecule has 0 bridgehead atoms. The number of anilines is 1. The molecule has 0 aliphatic heterocycles. The lowest BCUT2D eigenvalue weighted by Crippen LogP contribution is -2.29. The Morgan fingerprint density at radius 1 is 1.12 bits per heavy atom. The molecule has 0 aliphatic rings. The molecule has 0 saturated carbocycles. The molecule has 0 fully saturated rings. The smallest absolute Gasteiger partial charge is 0.237 e. The second kappa shape index (κ2) is 10.1. The minimum Gasteiger partial charge on any atom is -0.492 e. The van der Waals surface area contributed by atoms with Crippen molar-refractivity contribution in [3.05, 3.63) is 60.2 Å². The van der Waals surface area contributed by atoms with Gasteiger partial charge in [0.15, 0.2) is 0 Å². The summed E-state index contributed by atoms with van der Waals surface area (Å²) in [7, 11) is 0. The van der Waals surface area contributed by atoms with Crippen LogP contribution < -0.4 is 15.8 Å². The molecule has 0 saturated heterocycles. The van der Waals surface area contributed by atoms with E-state index in [-0.39, 0.29) is 17.1 Å². The van der Waals surface area contributed by atoms with Crippen molar-refractivity contribution in [3.8, 4) is 5.75 Å². The summed E-state index contributed by atoms with van der Waals surface area (Å²) in [5.41, 5.74) is 7.42. The number of thioether (sulfide) groups is 1. The summed E-state index contributed by atoms with van der Waals surface area (Å²) < 4.78 is 5.45. The van der Waals surface area contributed by atoms with Crippen molar-refractivity contribution < 1.29 is 9.53 Å². The predicted octanol–water partition coefficient (Wildman–Crippen LogP) is 3.92. The fraction of sp³-hybridized carbons (Fsp3) is 0.350. The lowest BCUT2D eigenvalue weighted by molar-refractivity contribution is -0.116. The van der Waals surface area contributed by atoms with Gasteiger partial charge in [0.25, 0.3) is 0 Å². The molecule has 25 heavy (non-hydrogen) atoms. The normalized spacial score (nSPS) is 12.0. The molecule has 4 nitrogen and oxygen atoms in total. The van der Waals surface area contributed by atoms with Gasteiger partial charge in [-0.1, -0.05) is 44.2 Å². The summed E-state index contributed by atoms with van der Waals surface area (Å²) >= 11 is 1.67. The Morgan fingerprint density at radius 3 is 2.40 bits per heavy atom. The molecule has 1 atom stereocenters. The third-order valence-electron chi connectivity index (χ3n) is 3.64. The lowest BCUT2D eigenvalue weighted by Gasteiger charge is -2.20. The SMILES string of the molecule is CC(C)C(SCc1ccccc1)C(=O)Nc1ccc(OCCN)cc1. The average Bonchev–Trinajstić information content (AvgIpc) is 2.62. The van der Waals surface area contributed by atoms with E-state index in [2.05, 4.69) is 31.3 Å². The van der Waals surface area contributed by atoms with E-state index in [9.17, 15) is 4.79 Å². The van der Waals surface area contributed by atoms with Gasteiger partial charge in [-0.25, -0.2) is 0 Å². The second-order valence-corrected chi connectivity index (χ2v) is 7.24. The molecule has 2 aromatic rings. The van der Waals surface area contributed by atoms with Crippen molar-refractivity contribution in [1.29, 1.82) is 0 Å². The van der Waals surface area contributed by atoms with Crippen LogP contribution in [0, 0.1) is 5.92 Å². The average molecular weight is 359 g/mol. The zero-order valence-electron chi connectivity index (χ0n) is 14.8. The van der Waals surface area contributed by atoms with Crippen molar-refractivity contribution in [2.24, 2.45) is 11.7 Å². The van der Waals surface area contributed by atoms with E-state index in [4.69, 9.17) is 10.5 Å². The Kier molecular flexibility index (Phi) is 7.82. The Morgan fingerprint density at radius 2 is 1.80 bits per heavy atom. The number of benzene rings is 2. The van der Waals surface area contributed by atoms with Crippen molar-refractivity contribution in [2.75, 3.05) is 18.5 Å². The number of carbonyl (C=O) groups is 1. The van der Waals surface area contributed by atoms with Crippen LogP contribution in [0.25, 0.3) is 0 Å². The zero-order valence-corrected chi connectivity index (χ0v) is 15.6. The number of carbonyl (C=O) groups excluding carboxylic acids is 1. The third kappa shape index (κ3) is 6.44. The van der Waals surface area contributed by atoms with Gasteiger partial charge in [0.2, 0.25) is 5.91 Å². The van der Waals surface area contributed by atoms with Gasteiger partial charge in [-0.05, 0) is 35.7 Å². The molecule has 2 aromatic carbocycles. The van der Waals surface area contributed by atoms with Gasteiger partial charge in [0.1, 0.15) is 12.4 Å². The number of nitrogens with one attached hydrogen (secondary N) is 1. The highest BCUT2D eigenvalue weighted by molar-refractivity contribution is 7.99. The first-order valence-electron chi connectivity index (χ1n) is 8.49. The van der Waals surface area contributed by atoms with Gasteiger partial charge >= 0.3 is 0 Å². The van der Waals surface area contributed by atoms with Crippen LogP contribution in [0.1, 0.15) is 19.4 Å². The number of ether oxygens (including phenoxy) is 1. The van der Waals surface area contributed by atoms with E-state index in [0.717, 1.165) is 17.2 Å². The van der Waals surface area contributed by atoms with Gasteiger partial charge in [-0.2, -0.15) is 0 Å². The monoisotopic (exact) mass is 358 g/mol. The Hall–Kier alpha value is -1.98. The van der Waals surface area contributed by atoms with Gasteiger partial charge in [0, 0.05) is 18.0 Å². The number of amides is 1. The fourth-order valence-electron chi connectivity index (χ4n) is 2.36. The predicted molar refractivity (Wildman–Crippen MR) is 106 cm³/mol. The maximum absolute atomic E-state index is 12.7. The Bertz CT molecular complexity index is 645. The summed E-state index contributed by atoms with van der Waals surface area (Å²) in [4.78, 5) is 12.7. The van der Waals surface area contributed by atoms with Crippen LogP contribution in [0.4, 0.5) is 5.69 Å². The molecule has 0 spiro atoms. The Labute approximate surface area is 154 Å². The summed E-state index contributed by atoms with van der Waals surface area (Å²) in [6, 6.07) is 17.6. The highest BCUT2D eigenvalue weighted by atomic mass is 32.2. The van der Waals surface area contributed by atoms with Crippen molar-refractivity contribution >= 4 is 23.4 Å². The molecular formula is C20H26N2O2S. The molecule has 5 heteroatoms. The van der Waals surface area contributed by atoms with Crippen LogP contribution in [0.15, 0.2) is 54.6 Å². The topological polar surface area (TPSA) is 64.3 Å². The second-order valence-electron chi connectivity index (χ2n) is 6.11. The van der Waals surface area contributed by atoms with E-state index in [1.54, 1.807) is 11.8 Å². The molecule has 0 aliphatic carbocycles. The van der Waals surface area contributed by atoms with Crippen LogP contribution in [-0.4, -0.2) is 24.3 Å². The summed E-state index contributed by atoms with van der Waals surface area (Å²) in [5.74, 6) is 1.86. The highest BCUT2D eigenvalue weighted by Crippen LogP contribution is 2.25. The summed E-state index contributed by atoms with van der Waals surface area (Å²) in [6.45, 7) is 5.11. The van der Waals surface area contributed by atoms with Gasteiger partial charge in [0.05, 0.1) is 5.25 Å². The molecule has 134 valence electrons. The van der Waals surface area contributed by atoms with Gasteiger partial charge in [-0.3, -0.25) is 4.79 Å². The van der Waals surface area contributed by atoms with Crippen molar-refractivity contribution in [1.82, 2.24) is 0 Å². The van der Waals surface area contributed by atoms with Crippen LogP contribution >= 0.6 is 11.8 Å². The van der Waals surface area contributed by atoms with E-state index in [1.165, 1.54) is 5.56 Å². The molecule has 0 heterocycles. The Balaban J connectivity index is 1.93. The van der Waals surface area contributed by atoms with Crippen LogP contribution in [0.2, 0.25) is 0 Å². The first-order valence-corrected chi connectivity index (χ1v) is 9.54. The zero-order chi connectivity index (χ0) is 18.1. The number of nitrogens with two attached hydrogens (primary N) is 1. The van der Waals surface area contributed by atoms with Crippen LogP contribution in [0.3, 0.4) is 0 Å². The third-order valence-corrected chi connectivity index (χ3v) is 5.26. The van der Waals surface area contributed by atoms with E-state index >= 15 is 0 Å². The molecular weight excluding hydrogens is 332 g/mol. The van der Waals surface area contributed by atoms with E-state index in [1.807, 2.05) is 42.5 Å². The number of hydrogen-bond acceptors (Lipinski definition) is 4. The van der Waals surface area contributed by atoms with Crippen molar-refractivity contribution in [2.45, 2.75) is 24.9 Å². The lowest BCUT2D eigenvalue weighted by atomic mass is 10.1.